The molecule has 0 fully saturated rings. The lowest BCUT2D eigenvalue weighted by atomic mass is 10.0. The van der Waals surface area contributed by atoms with Crippen molar-refractivity contribution >= 4 is 5.69 Å². The van der Waals surface area contributed by atoms with Gasteiger partial charge in [0, 0.05) is 6.07 Å². The van der Waals surface area contributed by atoms with Crippen molar-refractivity contribution in [3.05, 3.63) is 18.1 Å². The van der Waals surface area contributed by atoms with E-state index in [-0.39, 0.29) is 6.04 Å². The lowest BCUT2D eigenvalue weighted by Gasteiger charge is -2.11. The molecule has 0 radical (unpaired) electrons. The van der Waals surface area contributed by atoms with Crippen LogP contribution < -0.4 is 11.5 Å². The van der Waals surface area contributed by atoms with Crippen molar-refractivity contribution in [1.29, 1.82) is 0 Å². The van der Waals surface area contributed by atoms with Gasteiger partial charge in [0.1, 0.15) is 12.0 Å². The molecule has 1 rings (SSSR count). The first-order chi connectivity index (χ1) is 5.11. The maximum absolute atomic E-state index is 5.80. The first-order valence-corrected chi connectivity index (χ1v) is 3.70. The largest absolute Gasteiger partial charge is 0.465 e. The molecule has 3 nitrogen and oxygen atoms in total. The molecule has 0 aliphatic rings. The lowest BCUT2D eigenvalue weighted by molar-refractivity contribution is 0.403. The summed E-state index contributed by atoms with van der Waals surface area (Å²) in [6.07, 6.45) is 1.51. The molecule has 1 heterocycles. The highest BCUT2D eigenvalue weighted by Gasteiger charge is 2.13. The van der Waals surface area contributed by atoms with Gasteiger partial charge in [0.05, 0.1) is 11.7 Å². The van der Waals surface area contributed by atoms with Gasteiger partial charge in [-0.1, -0.05) is 13.8 Å². The van der Waals surface area contributed by atoms with Crippen LogP contribution in [0.15, 0.2) is 16.7 Å². The van der Waals surface area contributed by atoms with Gasteiger partial charge in [-0.2, -0.15) is 0 Å². The Morgan fingerprint density at radius 3 is 2.45 bits per heavy atom. The normalized spacial score (nSPS) is 13.8. The Hall–Kier alpha value is -0.960. The van der Waals surface area contributed by atoms with E-state index in [1.54, 1.807) is 6.07 Å². The SMILES string of the molecule is CC(C)C(N)c1cc(N)co1. The van der Waals surface area contributed by atoms with Gasteiger partial charge in [-0.25, -0.2) is 0 Å². The maximum Gasteiger partial charge on any atom is 0.122 e. The third kappa shape index (κ3) is 1.74. The van der Waals surface area contributed by atoms with Crippen molar-refractivity contribution in [1.82, 2.24) is 0 Å². The van der Waals surface area contributed by atoms with Gasteiger partial charge in [0.2, 0.25) is 0 Å². The Morgan fingerprint density at radius 1 is 1.45 bits per heavy atom. The van der Waals surface area contributed by atoms with Crippen molar-refractivity contribution in [3.63, 3.8) is 0 Å². The summed E-state index contributed by atoms with van der Waals surface area (Å²) in [5, 5.41) is 0. The predicted molar refractivity (Wildman–Crippen MR) is 44.9 cm³/mol. The minimum absolute atomic E-state index is 0.0488. The number of nitrogens with two attached hydrogens (primary N) is 2. The van der Waals surface area contributed by atoms with Crippen LogP contribution in [0, 0.1) is 5.92 Å². The van der Waals surface area contributed by atoms with Crippen molar-refractivity contribution in [2.45, 2.75) is 19.9 Å². The Bertz CT molecular complexity index is 230. The second kappa shape index (κ2) is 2.96. The van der Waals surface area contributed by atoms with Crippen molar-refractivity contribution in [2.75, 3.05) is 5.73 Å². The summed E-state index contributed by atoms with van der Waals surface area (Å²) in [4.78, 5) is 0. The molecule has 0 aliphatic carbocycles. The minimum Gasteiger partial charge on any atom is -0.465 e. The number of anilines is 1. The summed E-state index contributed by atoms with van der Waals surface area (Å²) in [5.41, 5.74) is 11.9. The van der Waals surface area contributed by atoms with E-state index < -0.39 is 0 Å². The third-order valence-electron chi connectivity index (χ3n) is 1.69. The number of hydrogen-bond acceptors (Lipinski definition) is 3. The molecule has 0 bridgehead atoms. The maximum atomic E-state index is 5.80. The van der Waals surface area contributed by atoms with Crippen LogP contribution in [0.25, 0.3) is 0 Å². The molecule has 0 amide bonds. The quantitative estimate of drug-likeness (QED) is 0.678. The summed E-state index contributed by atoms with van der Waals surface area (Å²) in [6, 6.07) is 1.72. The van der Waals surface area contributed by atoms with Crippen LogP contribution in [0.5, 0.6) is 0 Å². The molecule has 1 unspecified atom stereocenters. The summed E-state index contributed by atoms with van der Waals surface area (Å²) >= 11 is 0. The van der Waals surface area contributed by atoms with Gasteiger partial charge in [-0.05, 0) is 5.92 Å². The molecule has 1 aromatic rings. The second-order valence-electron chi connectivity index (χ2n) is 3.05. The standard InChI is InChI=1S/C8H14N2O/c1-5(2)8(10)7-3-6(9)4-11-7/h3-5,8H,9-10H2,1-2H3. The molecule has 0 aromatic carbocycles. The van der Waals surface area contributed by atoms with Crippen LogP contribution in [-0.2, 0) is 0 Å². The number of rotatable bonds is 2. The molecule has 4 N–H and O–H groups in total. The van der Waals surface area contributed by atoms with Gasteiger partial charge in [-0.3, -0.25) is 0 Å². The van der Waals surface area contributed by atoms with Gasteiger partial charge in [0.25, 0.3) is 0 Å². The number of nitrogen functional groups attached to an aromatic ring is 1. The van der Waals surface area contributed by atoms with Crippen molar-refractivity contribution in [3.8, 4) is 0 Å². The molecule has 0 saturated carbocycles. The lowest BCUT2D eigenvalue weighted by Crippen LogP contribution is -2.15. The topological polar surface area (TPSA) is 65.2 Å². The molecular weight excluding hydrogens is 140 g/mol. The van der Waals surface area contributed by atoms with E-state index in [0.29, 0.717) is 11.6 Å². The van der Waals surface area contributed by atoms with Crippen LogP contribution in [0.3, 0.4) is 0 Å². The molecule has 1 aromatic heterocycles. The fraction of sp³-hybridized carbons (Fsp3) is 0.500. The van der Waals surface area contributed by atoms with Crippen LogP contribution in [-0.4, -0.2) is 0 Å². The zero-order chi connectivity index (χ0) is 8.43. The van der Waals surface area contributed by atoms with Crippen molar-refractivity contribution in [2.24, 2.45) is 11.7 Å². The van der Waals surface area contributed by atoms with Crippen molar-refractivity contribution < 1.29 is 4.42 Å². The summed E-state index contributed by atoms with van der Waals surface area (Å²) in [6.45, 7) is 4.09. The average molecular weight is 154 g/mol. The monoisotopic (exact) mass is 154 g/mol. The van der Waals surface area contributed by atoms with Gasteiger partial charge >= 0.3 is 0 Å². The molecule has 0 spiro atoms. The highest BCUT2D eigenvalue weighted by atomic mass is 16.3. The summed E-state index contributed by atoms with van der Waals surface area (Å²) in [5.74, 6) is 1.14. The van der Waals surface area contributed by atoms with Gasteiger partial charge < -0.3 is 15.9 Å². The molecular formula is C8H14N2O. The molecule has 3 heteroatoms. The van der Waals surface area contributed by atoms with E-state index in [0.717, 1.165) is 5.76 Å². The summed E-state index contributed by atoms with van der Waals surface area (Å²) < 4.78 is 5.14. The highest BCUT2D eigenvalue weighted by Crippen LogP contribution is 2.21. The molecule has 62 valence electrons. The Labute approximate surface area is 66.4 Å². The zero-order valence-corrected chi connectivity index (χ0v) is 6.87. The molecule has 0 saturated heterocycles. The first kappa shape index (κ1) is 8.14. The van der Waals surface area contributed by atoms with Crippen LogP contribution in [0.1, 0.15) is 25.6 Å². The van der Waals surface area contributed by atoms with Crippen LogP contribution in [0.2, 0.25) is 0 Å². The zero-order valence-electron chi connectivity index (χ0n) is 6.87. The van der Waals surface area contributed by atoms with E-state index in [9.17, 15) is 0 Å². The first-order valence-electron chi connectivity index (χ1n) is 3.70. The predicted octanol–water partition coefficient (Wildman–Crippen LogP) is 1.52. The Morgan fingerprint density at radius 2 is 2.09 bits per heavy atom. The van der Waals surface area contributed by atoms with E-state index >= 15 is 0 Å². The smallest absolute Gasteiger partial charge is 0.122 e. The van der Waals surface area contributed by atoms with E-state index in [1.165, 1.54) is 6.26 Å². The highest BCUT2D eigenvalue weighted by molar-refractivity contribution is 5.35. The average Bonchev–Trinajstić information content (AvgIpc) is 2.34. The Kier molecular flexibility index (Phi) is 2.19. The van der Waals surface area contributed by atoms with Crippen LogP contribution in [0.4, 0.5) is 5.69 Å². The third-order valence-corrected chi connectivity index (χ3v) is 1.69. The number of furan rings is 1. The fourth-order valence-electron chi connectivity index (χ4n) is 0.872. The molecule has 11 heavy (non-hydrogen) atoms. The minimum atomic E-state index is -0.0488. The molecule has 1 atom stereocenters. The van der Waals surface area contributed by atoms with E-state index in [1.807, 2.05) is 13.8 Å². The molecule has 0 aliphatic heterocycles. The summed E-state index contributed by atoms with van der Waals surface area (Å²) in [7, 11) is 0. The van der Waals surface area contributed by atoms with E-state index in [4.69, 9.17) is 15.9 Å². The van der Waals surface area contributed by atoms with Crippen LogP contribution >= 0.6 is 0 Å². The number of hydrogen-bond donors (Lipinski definition) is 2. The Balaban J connectivity index is 2.76. The van der Waals surface area contributed by atoms with E-state index in [2.05, 4.69) is 0 Å². The second-order valence-corrected chi connectivity index (χ2v) is 3.05. The fourth-order valence-corrected chi connectivity index (χ4v) is 0.872. The van der Waals surface area contributed by atoms with Gasteiger partial charge in [-0.15, -0.1) is 0 Å². The van der Waals surface area contributed by atoms with Gasteiger partial charge in [0.15, 0.2) is 0 Å².